The van der Waals surface area contributed by atoms with Crippen molar-refractivity contribution < 1.29 is 29.3 Å². The minimum atomic E-state index is -0.751. The second kappa shape index (κ2) is 15.1. The molecule has 2 heterocycles. The van der Waals surface area contributed by atoms with Gasteiger partial charge >= 0.3 is 11.5 Å². The van der Waals surface area contributed by atoms with Crippen molar-refractivity contribution in [3.63, 3.8) is 0 Å². The quantitative estimate of drug-likeness (QED) is 0.371. The third-order valence-electron chi connectivity index (χ3n) is 7.84. The number of ether oxygens (including phenoxy) is 2. The maximum atomic E-state index is 11.9. The number of aliphatic hydroxyl groups is 1. The van der Waals surface area contributed by atoms with E-state index in [1.807, 2.05) is 39.8 Å². The maximum Gasteiger partial charge on any atom is 0.310 e. The molecule has 0 spiro atoms. The zero-order valence-electron chi connectivity index (χ0n) is 24.9. The van der Waals surface area contributed by atoms with Gasteiger partial charge in [0.1, 0.15) is 23.3 Å². The zero-order valence-corrected chi connectivity index (χ0v) is 24.9. The Morgan fingerprint density at radius 1 is 0.976 bits per heavy atom. The molecule has 2 aromatic rings. The summed E-state index contributed by atoms with van der Waals surface area (Å²) in [6, 6.07) is 3.73. The lowest BCUT2D eigenvalue weighted by atomic mass is 9.85. The molecule has 0 amide bonds. The number of carbonyl (C=O) groups is 2. The highest BCUT2D eigenvalue weighted by molar-refractivity contribution is 5.78. The molecule has 10 nitrogen and oxygen atoms in total. The van der Waals surface area contributed by atoms with Crippen LogP contribution in [0.3, 0.4) is 0 Å². The van der Waals surface area contributed by atoms with Crippen molar-refractivity contribution >= 4 is 11.8 Å². The number of pyridine rings is 1. The average Bonchev–Trinajstić information content (AvgIpc) is 2.94. The van der Waals surface area contributed by atoms with Gasteiger partial charge in [-0.15, -0.1) is 0 Å². The van der Waals surface area contributed by atoms with E-state index in [0.717, 1.165) is 43.5 Å². The number of aliphatic hydroxyl groups excluding tert-OH is 1. The molecule has 10 heteroatoms. The predicted molar refractivity (Wildman–Crippen MR) is 154 cm³/mol. The highest BCUT2D eigenvalue weighted by atomic mass is 16.5. The van der Waals surface area contributed by atoms with Gasteiger partial charge in [-0.25, -0.2) is 4.98 Å². The third kappa shape index (κ3) is 9.38. The Balaban J connectivity index is 0.000000226. The van der Waals surface area contributed by atoms with Gasteiger partial charge < -0.3 is 24.7 Å². The van der Waals surface area contributed by atoms with Crippen LogP contribution >= 0.6 is 0 Å². The van der Waals surface area contributed by atoms with Crippen LogP contribution in [0.5, 0.6) is 11.6 Å². The number of Topliss-reactive ketones (excluding diaryl/α,β-unsaturated/α-hetero) is 1. The molecule has 4 atom stereocenters. The van der Waals surface area contributed by atoms with E-state index in [0.29, 0.717) is 30.7 Å². The number of aliphatic carboxylic acids is 1. The second-order valence-corrected chi connectivity index (χ2v) is 11.8. The molecule has 2 aliphatic rings. The molecule has 0 saturated heterocycles. The Morgan fingerprint density at radius 2 is 1.61 bits per heavy atom. The van der Waals surface area contributed by atoms with Gasteiger partial charge in [0.25, 0.3) is 5.88 Å². The summed E-state index contributed by atoms with van der Waals surface area (Å²) < 4.78 is 11.6. The number of aromatic nitrogens is 3. The van der Waals surface area contributed by atoms with Gasteiger partial charge in [0.05, 0.1) is 24.8 Å². The van der Waals surface area contributed by atoms with Gasteiger partial charge in [-0.2, -0.15) is 0 Å². The molecule has 0 bridgehead atoms. The minimum Gasteiger partial charge on any atom is -0.488 e. The lowest BCUT2D eigenvalue weighted by Crippen LogP contribution is -2.31. The first-order valence-electron chi connectivity index (χ1n) is 14.7. The van der Waals surface area contributed by atoms with Crippen LogP contribution in [0.15, 0.2) is 23.1 Å². The van der Waals surface area contributed by atoms with Crippen LogP contribution in [0.1, 0.15) is 115 Å². The molecule has 41 heavy (non-hydrogen) atoms. The Bertz CT molecular complexity index is 1230. The number of hydrogen-bond donors (Lipinski definition) is 3. The summed E-state index contributed by atoms with van der Waals surface area (Å²) in [6.45, 7) is 9.52. The van der Waals surface area contributed by atoms with E-state index in [1.54, 1.807) is 13.1 Å². The summed E-state index contributed by atoms with van der Waals surface area (Å²) in [5.74, 6) is 0.374. The van der Waals surface area contributed by atoms with Crippen LogP contribution in [0.4, 0.5) is 0 Å². The number of nitrogens with one attached hydrogen (secondary N) is 1. The standard InChI is InChI=1S/C16H23NO4.C15H22N2O3/c1-10(2)13-6-7-15(14(9-18)17-13)21-12-5-3-4-11(8-12)16(19)20;1-9(2)13-8-16-15(14(19)17-13)20-12-6-4-5-11(7-12)10(3)18/h6-7,10-12,18H,3-5,8-9H2,1-2H3,(H,19,20);8-9,11-12H,4-7H2,1-3H3,(H,17,19)/t2*11-,12-/m00/s1. The number of carboxylic acids is 1. The van der Waals surface area contributed by atoms with Gasteiger partial charge in [0.15, 0.2) is 0 Å². The van der Waals surface area contributed by atoms with Gasteiger partial charge in [-0.1, -0.05) is 27.7 Å². The molecule has 4 rings (SSSR count). The largest absolute Gasteiger partial charge is 0.488 e. The average molecular weight is 572 g/mol. The van der Waals surface area contributed by atoms with Crippen molar-refractivity contribution in [3.8, 4) is 11.6 Å². The highest BCUT2D eigenvalue weighted by Gasteiger charge is 2.29. The fourth-order valence-corrected chi connectivity index (χ4v) is 5.26. The summed E-state index contributed by atoms with van der Waals surface area (Å²) in [7, 11) is 0. The van der Waals surface area contributed by atoms with Crippen molar-refractivity contribution in [2.45, 2.75) is 117 Å². The van der Waals surface area contributed by atoms with Gasteiger partial charge in [0, 0.05) is 17.3 Å². The van der Waals surface area contributed by atoms with Crippen molar-refractivity contribution in [1.29, 1.82) is 0 Å². The summed E-state index contributed by atoms with van der Waals surface area (Å²) in [5, 5.41) is 18.6. The normalized spacial score (nSPS) is 22.5. The van der Waals surface area contributed by atoms with Crippen molar-refractivity contribution in [1.82, 2.24) is 15.0 Å². The Labute approximate surface area is 241 Å². The maximum absolute atomic E-state index is 11.9. The lowest BCUT2D eigenvalue weighted by molar-refractivity contribution is -0.143. The fraction of sp³-hybridized carbons (Fsp3) is 0.645. The van der Waals surface area contributed by atoms with Crippen molar-refractivity contribution in [3.05, 3.63) is 45.8 Å². The molecule has 0 unspecified atom stereocenters. The first kappa shape index (κ1) is 32.2. The number of nitrogens with zero attached hydrogens (tertiary/aromatic N) is 2. The number of carboxylic acid groups (broad SMARTS) is 1. The highest BCUT2D eigenvalue weighted by Crippen LogP contribution is 2.30. The number of rotatable bonds is 9. The molecule has 0 radical (unpaired) electrons. The summed E-state index contributed by atoms with van der Waals surface area (Å²) in [6.07, 6.45) is 7.81. The monoisotopic (exact) mass is 571 g/mol. The van der Waals surface area contributed by atoms with Crippen LogP contribution in [-0.4, -0.2) is 49.1 Å². The Kier molecular flexibility index (Phi) is 11.9. The van der Waals surface area contributed by atoms with Gasteiger partial charge in [-0.3, -0.25) is 19.4 Å². The van der Waals surface area contributed by atoms with Crippen LogP contribution < -0.4 is 15.0 Å². The van der Waals surface area contributed by atoms with E-state index in [4.69, 9.17) is 14.6 Å². The van der Waals surface area contributed by atoms with E-state index in [-0.39, 0.29) is 59.7 Å². The summed E-state index contributed by atoms with van der Waals surface area (Å²) in [4.78, 5) is 45.8. The van der Waals surface area contributed by atoms with Gasteiger partial charge in [0.2, 0.25) is 0 Å². The van der Waals surface area contributed by atoms with Crippen molar-refractivity contribution in [2.75, 3.05) is 0 Å². The number of aromatic amines is 1. The molecule has 2 saturated carbocycles. The van der Waals surface area contributed by atoms with E-state index in [9.17, 15) is 19.5 Å². The Hall–Kier alpha value is -3.27. The van der Waals surface area contributed by atoms with E-state index < -0.39 is 5.97 Å². The number of carbonyl (C=O) groups excluding carboxylic acids is 1. The molecule has 226 valence electrons. The molecule has 2 aliphatic carbocycles. The molecular formula is C31H45N3O7. The second-order valence-electron chi connectivity index (χ2n) is 11.8. The molecular weight excluding hydrogens is 526 g/mol. The lowest BCUT2D eigenvalue weighted by Gasteiger charge is -2.28. The number of hydrogen-bond acceptors (Lipinski definition) is 8. The first-order valence-corrected chi connectivity index (χ1v) is 14.7. The molecule has 0 aromatic carbocycles. The van der Waals surface area contributed by atoms with Gasteiger partial charge in [-0.05, 0) is 82.3 Å². The van der Waals surface area contributed by atoms with Crippen molar-refractivity contribution in [2.24, 2.45) is 11.8 Å². The van der Waals surface area contributed by atoms with Crippen LogP contribution in [0.25, 0.3) is 0 Å². The zero-order chi connectivity index (χ0) is 30.1. The SMILES string of the molecule is CC(=O)[C@H]1CCC[C@H](Oc2ncc(C(C)C)[nH]c2=O)C1.CC(C)c1ccc(O[C@H]2CCC[C@H](C(=O)O)C2)c(CO)n1. The molecule has 2 aromatic heterocycles. The number of H-pyrrole nitrogens is 1. The van der Waals surface area contributed by atoms with E-state index in [2.05, 4.69) is 15.0 Å². The topological polar surface area (TPSA) is 152 Å². The van der Waals surface area contributed by atoms with Crippen LogP contribution in [0, 0.1) is 11.8 Å². The van der Waals surface area contributed by atoms with E-state index in [1.165, 1.54) is 0 Å². The third-order valence-corrected chi connectivity index (χ3v) is 7.84. The first-order chi connectivity index (χ1) is 19.5. The van der Waals surface area contributed by atoms with Crippen LogP contribution in [0.2, 0.25) is 0 Å². The summed E-state index contributed by atoms with van der Waals surface area (Å²) in [5.41, 5.74) is 1.95. The number of ketones is 1. The van der Waals surface area contributed by atoms with E-state index >= 15 is 0 Å². The predicted octanol–water partition coefficient (Wildman–Crippen LogP) is 5.14. The molecule has 0 aliphatic heterocycles. The summed E-state index contributed by atoms with van der Waals surface area (Å²) >= 11 is 0. The fourth-order valence-electron chi connectivity index (χ4n) is 5.26. The molecule has 2 fully saturated rings. The Morgan fingerprint density at radius 3 is 2.17 bits per heavy atom. The minimum absolute atomic E-state index is 0.0581. The smallest absolute Gasteiger partial charge is 0.310 e. The molecule has 3 N–H and O–H groups in total. The van der Waals surface area contributed by atoms with Crippen LogP contribution in [-0.2, 0) is 16.2 Å².